The van der Waals surface area contributed by atoms with Crippen LogP contribution in [0.4, 0.5) is 0 Å². The Bertz CT molecular complexity index is 3210. The summed E-state index contributed by atoms with van der Waals surface area (Å²) >= 11 is 0. The lowest BCUT2D eigenvalue weighted by molar-refractivity contribution is -0.137. The predicted octanol–water partition coefficient (Wildman–Crippen LogP) is 13.9. The first kappa shape index (κ1) is 69.6. The highest BCUT2D eigenvalue weighted by atomic mass is 16.6. The van der Waals surface area contributed by atoms with Gasteiger partial charge in [0.15, 0.2) is 0 Å². The number of unbranched alkanes of at least 4 members (excludes halogenated alkanes) is 3. The molecular formula is C72H72O21. The molecule has 0 bridgehead atoms. The summed E-state index contributed by atoms with van der Waals surface area (Å²) < 4.78 is 65.9. The molecule has 0 fully saturated rings. The van der Waals surface area contributed by atoms with Crippen molar-refractivity contribution >= 4 is 53.7 Å². The van der Waals surface area contributed by atoms with E-state index in [1.54, 1.807) is 72.8 Å². The van der Waals surface area contributed by atoms with Gasteiger partial charge in [0.2, 0.25) is 0 Å². The molecule has 486 valence electrons. The lowest BCUT2D eigenvalue weighted by Gasteiger charge is -2.11. The van der Waals surface area contributed by atoms with Gasteiger partial charge in [0, 0.05) is 56.7 Å². The molecule has 0 amide bonds. The summed E-state index contributed by atoms with van der Waals surface area (Å²) in [5, 5.41) is 0. The minimum atomic E-state index is -0.714. The summed E-state index contributed by atoms with van der Waals surface area (Å²) in [5.74, 6) is -2.52. The Morgan fingerprint density at radius 1 is 0.226 bits per heavy atom. The van der Waals surface area contributed by atoms with Gasteiger partial charge >= 0.3 is 53.7 Å². The van der Waals surface area contributed by atoms with Gasteiger partial charge in [-0.25, -0.2) is 14.4 Å². The van der Waals surface area contributed by atoms with Gasteiger partial charge in [-0.1, -0.05) is 20.8 Å². The van der Waals surface area contributed by atoms with Crippen LogP contribution in [0, 0.1) is 0 Å². The molecule has 7 rings (SSSR count). The Morgan fingerprint density at radius 3 is 0.602 bits per heavy atom. The molecular weight excluding hydrogens is 1200 g/mol. The van der Waals surface area contributed by atoms with Crippen LogP contribution in [0.15, 0.2) is 164 Å². The van der Waals surface area contributed by atoms with E-state index in [4.69, 9.17) is 56.8 Å². The van der Waals surface area contributed by atoms with Gasteiger partial charge < -0.3 is 56.8 Å². The number of rotatable bonds is 36. The summed E-state index contributed by atoms with van der Waals surface area (Å²) in [6, 6.07) is 41.3. The molecule has 21 nitrogen and oxygen atoms in total. The van der Waals surface area contributed by atoms with Crippen molar-refractivity contribution in [2.45, 2.75) is 117 Å². The number of benzene rings is 7. The number of ether oxygens (including phenoxy) is 12. The van der Waals surface area contributed by atoms with E-state index in [2.05, 4.69) is 0 Å². The van der Waals surface area contributed by atoms with E-state index in [1.165, 1.54) is 91.0 Å². The second-order valence-corrected chi connectivity index (χ2v) is 20.8. The van der Waals surface area contributed by atoms with Crippen LogP contribution in [0.25, 0.3) is 0 Å². The highest BCUT2D eigenvalue weighted by molar-refractivity contribution is 5.93. The predicted molar refractivity (Wildman–Crippen MR) is 337 cm³/mol. The van der Waals surface area contributed by atoms with Crippen LogP contribution in [0.5, 0.6) is 69.0 Å². The SMILES string of the molecule is CCCOc1ccc(OC(=O)c2ccc(OC(=O)CCCCC(=O)Oc3cc(OC(=O)CCCCC(=O)Oc4ccc(C(=O)Oc5ccc(OCCC)cc5)cc4)cc(OC(=O)CCCCC(=O)Oc4ccc(C(=O)Oc5ccc(OCCC)cc5)cc4)c3)cc2)cc1. The van der Waals surface area contributed by atoms with E-state index in [9.17, 15) is 43.2 Å². The summed E-state index contributed by atoms with van der Waals surface area (Å²) in [6.07, 6.45) is 3.36. The standard InChI is InChI=1S/C72H72O21/c1-4-43-82-52-31-37-58(38-32-52)91-70(79)49-19-25-55(26-20-49)85-64(73)13-7-10-16-67(76)88-61-46-62(89-68(77)17-11-8-14-65(74)86-56-27-21-50(22-28-56)71(80)92-59-39-33-53(34-40-59)83-44-5-2)48-63(47-61)90-69(78)18-12-9-15-66(75)87-57-29-23-51(24-30-57)72(81)93-60-41-35-54(36-42-60)84-45-6-3/h19-42,46-48H,4-18,43-45H2,1-3H3. The Hall–Kier alpha value is -10.8. The first-order valence-corrected chi connectivity index (χ1v) is 30.6. The van der Waals surface area contributed by atoms with Gasteiger partial charge in [-0.05, 0) is 203 Å². The van der Waals surface area contributed by atoms with E-state index in [0.717, 1.165) is 19.3 Å². The lowest BCUT2D eigenvalue weighted by atomic mass is 10.2. The van der Waals surface area contributed by atoms with Crippen molar-refractivity contribution < 1.29 is 100.0 Å². The van der Waals surface area contributed by atoms with Crippen LogP contribution in [0.2, 0.25) is 0 Å². The van der Waals surface area contributed by atoms with Crippen molar-refractivity contribution in [3.05, 3.63) is 180 Å². The van der Waals surface area contributed by atoms with E-state index < -0.39 is 53.7 Å². The molecule has 21 heteroatoms. The summed E-state index contributed by atoms with van der Waals surface area (Å²) in [7, 11) is 0. The number of esters is 9. The fourth-order valence-electron chi connectivity index (χ4n) is 8.38. The van der Waals surface area contributed by atoms with Gasteiger partial charge in [-0.2, -0.15) is 0 Å². The average Bonchev–Trinajstić information content (AvgIpc) is 1.67. The van der Waals surface area contributed by atoms with Gasteiger partial charge in [0.1, 0.15) is 69.0 Å². The minimum absolute atomic E-state index is 0.0518. The fraction of sp³-hybridized carbons (Fsp3) is 0.292. The van der Waals surface area contributed by atoms with Gasteiger partial charge in [-0.15, -0.1) is 0 Å². The van der Waals surface area contributed by atoms with Crippen molar-refractivity contribution in [2.24, 2.45) is 0 Å². The zero-order chi connectivity index (χ0) is 66.2. The van der Waals surface area contributed by atoms with Crippen molar-refractivity contribution in [3.8, 4) is 69.0 Å². The number of carbonyl (C=O) groups is 9. The third-order valence-electron chi connectivity index (χ3n) is 13.1. The van der Waals surface area contributed by atoms with Crippen LogP contribution in [0.1, 0.15) is 148 Å². The average molecular weight is 1270 g/mol. The number of hydrogen-bond donors (Lipinski definition) is 0. The molecule has 7 aromatic carbocycles. The van der Waals surface area contributed by atoms with Crippen LogP contribution < -0.4 is 56.8 Å². The molecule has 7 aromatic rings. The summed E-state index contributed by atoms with van der Waals surface area (Å²) in [4.78, 5) is 116. The van der Waals surface area contributed by atoms with Crippen molar-refractivity contribution in [1.82, 2.24) is 0 Å². The fourth-order valence-corrected chi connectivity index (χ4v) is 8.38. The van der Waals surface area contributed by atoms with Crippen molar-refractivity contribution in [1.29, 1.82) is 0 Å². The third kappa shape index (κ3) is 25.2. The molecule has 0 atom stereocenters. The second-order valence-electron chi connectivity index (χ2n) is 20.8. The van der Waals surface area contributed by atoms with E-state index in [0.29, 0.717) is 54.3 Å². The number of carbonyl (C=O) groups excluding carboxylic acids is 9. The molecule has 0 saturated heterocycles. The highest BCUT2D eigenvalue weighted by Gasteiger charge is 2.19. The molecule has 0 aromatic heterocycles. The van der Waals surface area contributed by atoms with Crippen LogP contribution in [0.3, 0.4) is 0 Å². The summed E-state index contributed by atoms with van der Waals surface area (Å²) in [5.41, 5.74) is 0.696. The number of hydrogen-bond acceptors (Lipinski definition) is 21. The molecule has 0 heterocycles. The smallest absolute Gasteiger partial charge is 0.343 e. The Morgan fingerprint density at radius 2 is 0.398 bits per heavy atom. The quantitative estimate of drug-likeness (QED) is 0.0201. The van der Waals surface area contributed by atoms with Crippen molar-refractivity contribution in [3.63, 3.8) is 0 Å². The largest absolute Gasteiger partial charge is 0.494 e. The van der Waals surface area contributed by atoms with Crippen LogP contribution >= 0.6 is 0 Å². The van der Waals surface area contributed by atoms with E-state index >= 15 is 0 Å². The maximum atomic E-state index is 13.1. The minimum Gasteiger partial charge on any atom is -0.494 e. The van der Waals surface area contributed by atoms with Crippen molar-refractivity contribution in [2.75, 3.05) is 19.8 Å². The third-order valence-corrected chi connectivity index (χ3v) is 13.1. The maximum absolute atomic E-state index is 13.1. The van der Waals surface area contributed by atoms with Gasteiger partial charge in [0.05, 0.1) is 36.5 Å². The molecule has 0 aliphatic rings. The molecule has 0 radical (unpaired) electrons. The zero-order valence-corrected chi connectivity index (χ0v) is 51.9. The highest BCUT2D eigenvalue weighted by Crippen LogP contribution is 2.31. The van der Waals surface area contributed by atoms with Gasteiger partial charge in [-0.3, -0.25) is 28.8 Å². The molecule has 0 unspecified atom stereocenters. The first-order valence-electron chi connectivity index (χ1n) is 30.6. The van der Waals surface area contributed by atoms with Crippen LogP contribution in [-0.2, 0) is 28.8 Å². The molecule has 93 heavy (non-hydrogen) atoms. The molecule has 0 saturated carbocycles. The maximum Gasteiger partial charge on any atom is 0.343 e. The van der Waals surface area contributed by atoms with E-state index in [-0.39, 0.29) is 128 Å². The Kier molecular flexibility index (Phi) is 28.0. The molecule has 0 aliphatic carbocycles. The van der Waals surface area contributed by atoms with Gasteiger partial charge in [0.25, 0.3) is 0 Å². The summed E-state index contributed by atoms with van der Waals surface area (Å²) in [6.45, 7) is 7.68. The van der Waals surface area contributed by atoms with E-state index in [1.807, 2.05) is 20.8 Å². The lowest BCUT2D eigenvalue weighted by Crippen LogP contribution is -2.13. The molecule has 0 spiro atoms. The first-order chi connectivity index (χ1) is 45.1. The second kappa shape index (κ2) is 37.4. The molecule has 0 N–H and O–H groups in total. The topological polar surface area (TPSA) is 264 Å². The molecule has 0 aliphatic heterocycles. The zero-order valence-electron chi connectivity index (χ0n) is 51.9. The Balaban J connectivity index is 0.854. The normalized spacial score (nSPS) is 10.6. The Labute approximate surface area is 538 Å². The monoisotopic (exact) mass is 1270 g/mol. The van der Waals surface area contributed by atoms with Crippen LogP contribution in [-0.4, -0.2) is 73.5 Å².